The molecule has 2 N–H and O–H groups in total. The van der Waals surface area contributed by atoms with Crippen molar-refractivity contribution in [2.24, 2.45) is 5.73 Å². The van der Waals surface area contributed by atoms with E-state index >= 15 is 0 Å². The monoisotopic (exact) mass is 248 g/mol. The number of nitrogens with two attached hydrogens (primary N) is 1. The molecule has 4 nitrogen and oxygen atoms in total. The molecule has 1 fully saturated rings. The molecule has 0 radical (unpaired) electrons. The van der Waals surface area contributed by atoms with Crippen LogP contribution in [0.1, 0.15) is 23.2 Å². The maximum absolute atomic E-state index is 12.2. The van der Waals surface area contributed by atoms with Crippen LogP contribution in [0.2, 0.25) is 0 Å². The van der Waals surface area contributed by atoms with Gasteiger partial charge in [-0.3, -0.25) is 9.69 Å². The first-order valence-corrected chi connectivity index (χ1v) is 6.35. The van der Waals surface area contributed by atoms with Gasteiger partial charge in [0.2, 0.25) is 0 Å². The Hall–Kier alpha value is -1.39. The molecule has 1 aromatic carbocycles. The van der Waals surface area contributed by atoms with E-state index in [0.29, 0.717) is 17.9 Å². The van der Waals surface area contributed by atoms with Crippen molar-refractivity contribution >= 4 is 5.78 Å². The van der Waals surface area contributed by atoms with E-state index in [2.05, 4.69) is 4.90 Å². The highest BCUT2D eigenvalue weighted by Gasteiger charge is 2.20. The number of methoxy groups -OCH3 is 1. The lowest BCUT2D eigenvalue weighted by molar-refractivity contribution is 0.0905. The largest absolute Gasteiger partial charge is 0.496 e. The van der Waals surface area contributed by atoms with Crippen LogP contribution in [0.5, 0.6) is 5.75 Å². The Labute approximate surface area is 108 Å². The second kappa shape index (κ2) is 5.98. The van der Waals surface area contributed by atoms with Crippen LogP contribution in [0.4, 0.5) is 0 Å². The van der Waals surface area contributed by atoms with Crippen LogP contribution in [-0.2, 0) is 0 Å². The SMILES string of the molecule is COc1ccccc1C(=O)CN1CCCC(N)C1. The molecule has 0 aliphatic carbocycles. The first kappa shape index (κ1) is 13.1. The maximum atomic E-state index is 12.2. The topological polar surface area (TPSA) is 55.6 Å². The Morgan fingerprint density at radius 3 is 3.00 bits per heavy atom. The predicted octanol–water partition coefficient (Wildman–Crippen LogP) is 1.30. The fourth-order valence-corrected chi connectivity index (χ4v) is 2.40. The Morgan fingerprint density at radius 2 is 2.28 bits per heavy atom. The molecule has 0 spiro atoms. The summed E-state index contributed by atoms with van der Waals surface area (Å²) in [5.41, 5.74) is 6.57. The summed E-state index contributed by atoms with van der Waals surface area (Å²) in [5.74, 6) is 0.741. The van der Waals surface area contributed by atoms with Crippen LogP contribution >= 0.6 is 0 Å². The van der Waals surface area contributed by atoms with Crippen molar-refractivity contribution in [3.05, 3.63) is 29.8 Å². The molecule has 98 valence electrons. The molecule has 1 aliphatic heterocycles. The molecule has 0 amide bonds. The molecular weight excluding hydrogens is 228 g/mol. The molecule has 0 aromatic heterocycles. The number of nitrogens with zero attached hydrogens (tertiary/aromatic N) is 1. The fourth-order valence-electron chi connectivity index (χ4n) is 2.40. The molecule has 18 heavy (non-hydrogen) atoms. The van der Waals surface area contributed by atoms with Crippen molar-refractivity contribution in [1.29, 1.82) is 0 Å². The smallest absolute Gasteiger partial charge is 0.180 e. The minimum absolute atomic E-state index is 0.0987. The summed E-state index contributed by atoms with van der Waals surface area (Å²) in [6.45, 7) is 2.18. The summed E-state index contributed by atoms with van der Waals surface area (Å²) >= 11 is 0. The highest BCUT2D eigenvalue weighted by atomic mass is 16.5. The number of ketones is 1. The number of piperidine rings is 1. The van der Waals surface area contributed by atoms with Crippen LogP contribution in [0.15, 0.2) is 24.3 Å². The van der Waals surface area contributed by atoms with Gasteiger partial charge in [-0.15, -0.1) is 0 Å². The van der Waals surface area contributed by atoms with E-state index < -0.39 is 0 Å². The normalized spacial score (nSPS) is 20.7. The molecule has 4 heteroatoms. The van der Waals surface area contributed by atoms with Gasteiger partial charge in [0, 0.05) is 12.6 Å². The lowest BCUT2D eigenvalue weighted by atomic mass is 10.0. The number of benzene rings is 1. The molecule has 2 rings (SSSR count). The van der Waals surface area contributed by atoms with Gasteiger partial charge in [0.1, 0.15) is 5.75 Å². The Morgan fingerprint density at radius 1 is 1.50 bits per heavy atom. The Kier molecular flexibility index (Phi) is 4.33. The zero-order valence-corrected chi connectivity index (χ0v) is 10.8. The fraction of sp³-hybridized carbons (Fsp3) is 0.500. The lowest BCUT2D eigenvalue weighted by Gasteiger charge is -2.30. The van der Waals surface area contributed by atoms with Crippen LogP contribution in [0, 0.1) is 0 Å². The minimum atomic E-state index is 0.0987. The van der Waals surface area contributed by atoms with Crippen molar-refractivity contribution in [2.45, 2.75) is 18.9 Å². The number of hydrogen-bond acceptors (Lipinski definition) is 4. The molecular formula is C14H20N2O2. The highest BCUT2D eigenvalue weighted by Crippen LogP contribution is 2.19. The highest BCUT2D eigenvalue weighted by molar-refractivity contribution is 6.00. The summed E-state index contributed by atoms with van der Waals surface area (Å²) < 4.78 is 5.21. The molecule has 1 atom stereocenters. The second-order valence-corrected chi connectivity index (χ2v) is 4.76. The van der Waals surface area contributed by atoms with Gasteiger partial charge < -0.3 is 10.5 Å². The van der Waals surface area contributed by atoms with Gasteiger partial charge in [-0.1, -0.05) is 12.1 Å². The van der Waals surface area contributed by atoms with Gasteiger partial charge in [0.15, 0.2) is 5.78 Å². The summed E-state index contributed by atoms with van der Waals surface area (Å²) in [7, 11) is 1.59. The molecule has 1 aliphatic rings. The molecule has 1 unspecified atom stereocenters. The number of carbonyl (C=O) groups excluding carboxylic acids is 1. The van der Waals surface area contributed by atoms with Crippen molar-refractivity contribution in [3.8, 4) is 5.75 Å². The third kappa shape index (κ3) is 3.09. The zero-order chi connectivity index (χ0) is 13.0. The molecule has 1 heterocycles. The second-order valence-electron chi connectivity index (χ2n) is 4.76. The first-order valence-electron chi connectivity index (χ1n) is 6.35. The molecule has 1 aromatic rings. The van der Waals surface area contributed by atoms with Crippen molar-refractivity contribution < 1.29 is 9.53 Å². The van der Waals surface area contributed by atoms with Gasteiger partial charge in [-0.2, -0.15) is 0 Å². The van der Waals surface area contributed by atoms with E-state index in [1.165, 1.54) is 0 Å². The number of Topliss-reactive ketones (excluding diaryl/α,β-unsaturated/α-hetero) is 1. The quantitative estimate of drug-likeness (QED) is 0.816. The summed E-state index contributed by atoms with van der Waals surface area (Å²) in [6.07, 6.45) is 2.12. The Balaban J connectivity index is 2.03. The number of likely N-dealkylation sites (tertiary alicyclic amines) is 1. The van der Waals surface area contributed by atoms with Crippen molar-refractivity contribution in [2.75, 3.05) is 26.7 Å². The van der Waals surface area contributed by atoms with E-state index in [1.807, 2.05) is 24.3 Å². The van der Waals surface area contributed by atoms with Crippen LogP contribution < -0.4 is 10.5 Å². The van der Waals surface area contributed by atoms with E-state index in [-0.39, 0.29) is 11.8 Å². The van der Waals surface area contributed by atoms with Gasteiger partial charge >= 0.3 is 0 Å². The molecule has 0 saturated carbocycles. The molecule has 1 saturated heterocycles. The first-order chi connectivity index (χ1) is 8.70. The van der Waals surface area contributed by atoms with E-state index in [0.717, 1.165) is 25.9 Å². The number of hydrogen-bond donors (Lipinski definition) is 1. The maximum Gasteiger partial charge on any atom is 0.180 e. The third-order valence-corrected chi connectivity index (χ3v) is 3.32. The summed E-state index contributed by atoms with van der Waals surface area (Å²) in [5, 5.41) is 0. The van der Waals surface area contributed by atoms with E-state index in [4.69, 9.17) is 10.5 Å². The summed E-state index contributed by atoms with van der Waals surface area (Å²) in [6, 6.07) is 7.55. The third-order valence-electron chi connectivity index (χ3n) is 3.32. The van der Waals surface area contributed by atoms with Gasteiger partial charge in [0.05, 0.1) is 19.2 Å². The summed E-state index contributed by atoms with van der Waals surface area (Å²) in [4.78, 5) is 14.4. The number of para-hydroxylation sites is 1. The lowest BCUT2D eigenvalue weighted by Crippen LogP contribution is -2.44. The van der Waals surface area contributed by atoms with Crippen LogP contribution in [-0.4, -0.2) is 43.5 Å². The van der Waals surface area contributed by atoms with Gasteiger partial charge in [0.25, 0.3) is 0 Å². The Bertz CT molecular complexity index is 420. The number of ether oxygens (including phenoxy) is 1. The van der Waals surface area contributed by atoms with E-state index in [1.54, 1.807) is 7.11 Å². The molecule has 0 bridgehead atoms. The predicted molar refractivity (Wildman–Crippen MR) is 71.0 cm³/mol. The number of rotatable bonds is 4. The van der Waals surface area contributed by atoms with Crippen LogP contribution in [0.3, 0.4) is 0 Å². The van der Waals surface area contributed by atoms with E-state index in [9.17, 15) is 4.79 Å². The minimum Gasteiger partial charge on any atom is -0.496 e. The van der Waals surface area contributed by atoms with Gasteiger partial charge in [-0.05, 0) is 31.5 Å². The number of carbonyl (C=O) groups is 1. The average molecular weight is 248 g/mol. The zero-order valence-electron chi connectivity index (χ0n) is 10.8. The van der Waals surface area contributed by atoms with Crippen molar-refractivity contribution in [1.82, 2.24) is 4.90 Å². The standard InChI is InChI=1S/C14H20N2O2/c1-18-14-7-3-2-6-12(14)13(17)10-16-8-4-5-11(15)9-16/h2-3,6-7,11H,4-5,8-10,15H2,1H3. The van der Waals surface area contributed by atoms with Crippen LogP contribution in [0.25, 0.3) is 0 Å². The average Bonchev–Trinajstić information content (AvgIpc) is 2.38. The van der Waals surface area contributed by atoms with Crippen molar-refractivity contribution in [3.63, 3.8) is 0 Å². The van der Waals surface area contributed by atoms with Gasteiger partial charge in [-0.25, -0.2) is 0 Å².